The van der Waals surface area contributed by atoms with Gasteiger partial charge in [0, 0.05) is 26.4 Å². The number of esters is 1. The van der Waals surface area contributed by atoms with Crippen molar-refractivity contribution in [2.45, 2.75) is 13.3 Å². The second-order valence-corrected chi connectivity index (χ2v) is 3.19. The highest BCUT2D eigenvalue weighted by Gasteiger charge is 1.92. The van der Waals surface area contributed by atoms with Crippen LogP contribution in [0.3, 0.4) is 0 Å². The molecule has 5 heteroatoms. The van der Waals surface area contributed by atoms with Crippen molar-refractivity contribution in [2.24, 2.45) is 0 Å². The van der Waals surface area contributed by atoms with Crippen LogP contribution in [0.1, 0.15) is 13.3 Å². The Morgan fingerprint density at radius 2 is 1.88 bits per heavy atom. The van der Waals surface area contributed by atoms with Gasteiger partial charge in [-0.05, 0) is 13.3 Å². The van der Waals surface area contributed by atoms with Crippen molar-refractivity contribution in [3.8, 4) is 0 Å². The quantitative estimate of drug-likeness (QED) is 0.311. The summed E-state index contributed by atoms with van der Waals surface area (Å²) in [6, 6.07) is 0. The fourth-order valence-electron chi connectivity index (χ4n) is 1.01. The molecular weight excluding hydrogens is 224 g/mol. The topological polar surface area (TPSA) is 54.0 Å². The molecule has 5 nitrogen and oxygen atoms in total. The maximum absolute atomic E-state index is 10.9. The van der Waals surface area contributed by atoms with Gasteiger partial charge in [-0.15, -0.1) is 0 Å². The van der Waals surface area contributed by atoms with Crippen molar-refractivity contribution in [1.82, 2.24) is 0 Å². The van der Waals surface area contributed by atoms with Gasteiger partial charge in [0.15, 0.2) is 0 Å². The number of hydrogen-bond donors (Lipinski definition) is 0. The summed E-state index contributed by atoms with van der Waals surface area (Å²) in [6.45, 7) is 5.00. The maximum atomic E-state index is 10.9. The van der Waals surface area contributed by atoms with Crippen LogP contribution in [-0.4, -0.2) is 52.7 Å². The van der Waals surface area contributed by atoms with E-state index >= 15 is 0 Å². The van der Waals surface area contributed by atoms with E-state index in [1.165, 1.54) is 6.08 Å². The number of carbonyl (C=O) groups is 1. The van der Waals surface area contributed by atoms with Crippen molar-refractivity contribution in [3.63, 3.8) is 0 Å². The summed E-state index contributed by atoms with van der Waals surface area (Å²) in [4.78, 5) is 10.9. The maximum Gasteiger partial charge on any atom is 0.330 e. The summed E-state index contributed by atoms with van der Waals surface area (Å²) in [5, 5.41) is 0. The Morgan fingerprint density at radius 1 is 1.12 bits per heavy atom. The van der Waals surface area contributed by atoms with Gasteiger partial charge in [0.1, 0.15) is 0 Å². The van der Waals surface area contributed by atoms with E-state index in [2.05, 4.69) is 0 Å². The van der Waals surface area contributed by atoms with E-state index < -0.39 is 0 Å². The van der Waals surface area contributed by atoms with Crippen LogP contribution in [0, 0.1) is 0 Å². The number of carbonyl (C=O) groups excluding carboxylic acids is 1. The van der Waals surface area contributed by atoms with E-state index in [0.29, 0.717) is 39.6 Å². The molecule has 0 atom stereocenters. The standard InChI is InChI=1S/C12H22O5/c1-3-17-12(13)6-4-8-15-10-11-16-9-5-7-14-2/h4,6H,3,5,7-11H2,1-2H3/b6-4+. The molecule has 0 amide bonds. The van der Waals surface area contributed by atoms with Crippen LogP contribution < -0.4 is 0 Å². The summed E-state index contributed by atoms with van der Waals surface area (Å²) in [5.74, 6) is -0.341. The zero-order valence-corrected chi connectivity index (χ0v) is 10.6. The second kappa shape index (κ2) is 13.2. The van der Waals surface area contributed by atoms with E-state index in [0.717, 1.165) is 6.42 Å². The predicted molar refractivity (Wildman–Crippen MR) is 63.9 cm³/mol. The first-order chi connectivity index (χ1) is 8.31. The van der Waals surface area contributed by atoms with Crippen molar-refractivity contribution < 1.29 is 23.7 Å². The molecule has 0 aromatic heterocycles. The van der Waals surface area contributed by atoms with Crippen molar-refractivity contribution in [2.75, 3.05) is 46.8 Å². The molecule has 0 radical (unpaired) electrons. The zero-order chi connectivity index (χ0) is 12.8. The van der Waals surface area contributed by atoms with E-state index in [1.54, 1.807) is 20.1 Å². The molecule has 0 aromatic carbocycles. The lowest BCUT2D eigenvalue weighted by atomic mass is 10.5. The van der Waals surface area contributed by atoms with Crippen molar-refractivity contribution >= 4 is 5.97 Å². The number of ether oxygens (including phenoxy) is 4. The van der Waals surface area contributed by atoms with Gasteiger partial charge in [0.25, 0.3) is 0 Å². The number of rotatable bonds is 11. The van der Waals surface area contributed by atoms with Gasteiger partial charge in [-0.2, -0.15) is 0 Å². The van der Waals surface area contributed by atoms with E-state index in [1.807, 2.05) is 0 Å². The molecule has 0 N–H and O–H groups in total. The summed E-state index contributed by atoms with van der Waals surface area (Å²) in [5.41, 5.74) is 0. The third kappa shape index (κ3) is 13.0. The van der Waals surface area contributed by atoms with Crippen LogP contribution in [0.15, 0.2) is 12.2 Å². The summed E-state index contributed by atoms with van der Waals surface area (Å²) in [6.07, 6.45) is 3.88. The van der Waals surface area contributed by atoms with Crippen LogP contribution in [0.4, 0.5) is 0 Å². The molecule has 100 valence electrons. The molecule has 0 aliphatic rings. The van der Waals surface area contributed by atoms with Gasteiger partial charge >= 0.3 is 5.97 Å². The summed E-state index contributed by atoms with van der Waals surface area (Å²) < 4.78 is 20.1. The molecule has 0 fully saturated rings. The Hall–Kier alpha value is -0.910. The lowest BCUT2D eigenvalue weighted by molar-refractivity contribution is -0.137. The van der Waals surface area contributed by atoms with Crippen LogP contribution >= 0.6 is 0 Å². The lowest BCUT2D eigenvalue weighted by Gasteiger charge is -2.03. The average molecular weight is 246 g/mol. The number of hydrogen-bond acceptors (Lipinski definition) is 5. The molecular formula is C12H22O5. The molecule has 0 aliphatic heterocycles. The van der Waals surface area contributed by atoms with Gasteiger partial charge in [-0.1, -0.05) is 6.08 Å². The third-order valence-corrected chi connectivity index (χ3v) is 1.76. The largest absolute Gasteiger partial charge is 0.463 e. The van der Waals surface area contributed by atoms with Gasteiger partial charge < -0.3 is 18.9 Å². The fourth-order valence-corrected chi connectivity index (χ4v) is 1.01. The molecule has 0 heterocycles. The van der Waals surface area contributed by atoms with Gasteiger partial charge in [-0.25, -0.2) is 4.79 Å². The zero-order valence-electron chi connectivity index (χ0n) is 10.6. The third-order valence-electron chi connectivity index (χ3n) is 1.76. The molecule has 0 unspecified atom stereocenters. The van der Waals surface area contributed by atoms with Gasteiger partial charge in [0.2, 0.25) is 0 Å². The van der Waals surface area contributed by atoms with Crippen LogP contribution in [0.2, 0.25) is 0 Å². The smallest absolute Gasteiger partial charge is 0.330 e. The van der Waals surface area contributed by atoms with Gasteiger partial charge in [-0.3, -0.25) is 0 Å². The molecule has 0 bridgehead atoms. The lowest BCUT2D eigenvalue weighted by Crippen LogP contribution is -2.07. The Balaban J connectivity index is 3.15. The second-order valence-electron chi connectivity index (χ2n) is 3.19. The first kappa shape index (κ1) is 16.1. The van der Waals surface area contributed by atoms with E-state index in [-0.39, 0.29) is 5.97 Å². The van der Waals surface area contributed by atoms with Crippen molar-refractivity contribution in [1.29, 1.82) is 0 Å². The molecule has 0 aliphatic carbocycles. The van der Waals surface area contributed by atoms with Gasteiger partial charge in [0.05, 0.1) is 26.4 Å². The Morgan fingerprint density at radius 3 is 2.59 bits per heavy atom. The van der Waals surface area contributed by atoms with Crippen LogP contribution in [0.5, 0.6) is 0 Å². The summed E-state index contributed by atoms with van der Waals surface area (Å²) in [7, 11) is 1.67. The molecule has 0 saturated carbocycles. The number of methoxy groups -OCH3 is 1. The highest BCUT2D eigenvalue weighted by Crippen LogP contribution is 1.86. The molecule has 0 aromatic rings. The highest BCUT2D eigenvalue weighted by atomic mass is 16.5. The molecule has 0 rings (SSSR count). The Bertz CT molecular complexity index is 203. The summed E-state index contributed by atoms with van der Waals surface area (Å²) >= 11 is 0. The first-order valence-corrected chi connectivity index (χ1v) is 5.79. The molecule has 17 heavy (non-hydrogen) atoms. The Kier molecular flexibility index (Phi) is 12.5. The normalized spacial score (nSPS) is 10.9. The van der Waals surface area contributed by atoms with Crippen molar-refractivity contribution in [3.05, 3.63) is 12.2 Å². The predicted octanol–water partition coefficient (Wildman–Crippen LogP) is 1.18. The van der Waals surface area contributed by atoms with E-state index in [4.69, 9.17) is 18.9 Å². The van der Waals surface area contributed by atoms with E-state index in [9.17, 15) is 4.79 Å². The molecule has 0 spiro atoms. The minimum atomic E-state index is -0.341. The van der Waals surface area contributed by atoms with Crippen LogP contribution in [-0.2, 0) is 23.7 Å². The average Bonchev–Trinajstić information content (AvgIpc) is 2.32. The highest BCUT2D eigenvalue weighted by molar-refractivity contribution is 5.81. The fraction of sp³-hybridized carbons (Fsp3) is 0.750. The monoisotopic (exact) mass is 246 g/mol. The SMILES string of the molecule is CCOC(=O)/C=C/COCCOCCCOC. The Labute approximate surface area is 103 Å². The minimum Gasteiger partial charge on any atom is -0.463 e. The first-order valence-electron chi connectivity index (χ1n) is 5.79. The molecule has 0 saturated heterocycles. The van der Waals surface area contributed by atoms with Crippen LogP contribution in [0.25, 0.3) is 0 Å². The minimum absolute atomic E-state index is 0.341.